The van der Waals surface area contributed by atoms with E-state index in [9.17, 15) is 17.6 Å². The molecule has 2 aromatic rings. The summed E-state index contributed by atoms with van der Waals surface area (Å²) in [5.41, 5.74) is 0.968. The average molecular weight is 320 g/mol. The second-order valence-corrected chi connectivity index (χ2v) is 6.01. The number of carbonyl (C=O) groups is 1. The van der Waals surface area contributed by atoms with Gasteiger partial charge in [-0.3, -0.25) is 4.79 Å². The number of nitrogens with two attached hydrogens (primary N) is 1. The summed E-state index contributed by atoms with van der Waals surface area (Å²) in [6.45, 7) is 0. The van der Waals surface area contributed by atoms with E-state index in [1.807, 2.05) is 0 Å². The number of hydrogen-bond donors (Lipinski definition) is 2. The van der Waals surface area contributed by atoms with Crippen LogP contribution in [0, 0.1) is 5.82 Å². The van der Waals surface area contributed by atoms with E-state index < -0.39 is 15.9 Å². The van der Waals surface area contributed by atoms with Crippen LogP contribution in [0.4, 0.5) is 10.1 Å². The maximum Gasteiger partial charge on any atom is 0.248 e. The van der Waals surface area contributed by atoms with Crippen LogP contribution in [-0.2, 0) is 14.8 Å². The summed E-state index contributed by atoms with van der Waals surface area (Å²) in [7, 11) is -3.83. The summed E-state index contributed by atoms with van der Waals surface area (Å²) < 4.78 is 35.2. The van der Waals surface area contributed by atoms with Crippen LogP contribution in [-0.4, -0.2) is 14.3 Å². The average Bonchev–Trinajstić information content (AvgIpc) is 2.46. The monoisotopic (exact) mass is 320 g/mol. The predicted octanol–water partition coefficient (Wildman–Crippen LogP) is 2.12. The lowest BCUT2D eigenvalue weighted by Crippen LogP contribution is -2.13. The lowest BCUT2D eigenvalue weighted by atomic mass is 10.2. The van der Waals surface area contributed by atoms with Crippen molar-refractivity contribution in [3.05, 3.63) is 66.0 Å². The van der Waals surface area contributed by atoms with Gasteiger partial charge in [-0.1, -0.05) is 18.2 Å². The van der Waals surface area contributed by atoms with Gasteiger partial charge in [-0.15, -0.1) is 0 Å². The Morgan fingerprint density at radius 1 is 1.14 bits per heavy atom. The zero-order valence-corrected chi connectivity index (χ0v) is 12.2. The van der Waals surface area contributed by atoms with Crippen molar-refractivity contribution in [1.29, 1.82) is 0 Å². The predicted molar refractivity (Wildman–Crippen MR) is 81.9 cm³/mol. The molecule has 2 aromatic carbocycles. The van der Waals surface area contributed by atoms with Crippen LogP contribution < -0.4 is 10.5 Å². The third-order valence-electron chi connectivity index (χ3n) is 2.73. The Hall–Kier alpha value is -2.51. The highest BCUT2D eigenvalue weighted by Gasteiger charge is 2.08. The second-order valence-electron chi connectivity index (χ2n) is 4.45. The molecular formula is C15H13FN2O3S. The van der Waals surface area contributed by atoms with Crippen molar-refractivity contribution in [1.82, 2.24) is 0 Å². The lowest BCUT2D eigenvalue weighted by Gasteiger charge is -2.04. The molecule has 5 nitrogen and oxygen atoms in total. The first-order valence-corrected chi connectivity index (χ1v) is 7.77. The minimum absolute atomic E-state index is 0.0900. The minimum atomic E-state index is -3.83. The highest BCUT2D eigenvalue weighted by Crippen LogP contribution is 2.14. The van der Waals surface area contributed by atoms with E-state index in [0.717, 1.165) is 0 Å². The Kier molecular flexibility index (Phi) is 4.69. The Bertz CT molecular complexity index is 815. The van der Waals surface area contributed by atoms with E-state index in [-0.39, 0.29) is 10.7 Å². The van der Waals surface area contributed by atoms with Crippen LogP contribution in [0.25, 0.3) is 6.08 Å². The normalized spacial score (nSPS) is 11.5. The first kappa shape index (κ1) is 15.9. The molecule has 0 radical (unpaired) electrons. The first-order chi connectivity index (χ1) is 10.3. The number of benzene rings is 2. The number of nitrogens with one attached hydrogen (secondary N) is 1. The Balaban J connectivity index is 2.07. The van der Waals surface area contributed by atoms with Crippen molar-refractivity contribution < 1.29 is 17.6 Å². The highest BCUT2D eigenvalue weighted by atomic mass is 32.2. The standard InChI is InChI=1S/C15H13FN2O3S/c16-12-7-4-11(5-8-12)6-9-15(19)18-13-2-1-3-14(10-13)22(17,20)21/h1-10H,(H,18,19)(H2,17,20,21)/b9-6+. The third kappa shape index (κ3) is 4.51. The van der Waals surface area contributed by atoms with Crippen LogP contribution in [0.5, 0.6) is 0 Å². The van der Waals surface area contributed by atoms with Gasteiger partial charge in [-0.25, -0.2) is 17.9 Å². The van der Waals surface area contributed by atoms with E-state index >= 15 is 0 Å². The summed E-state index contributed by atoms with van der Waals surface area (Å²) in [6.07, 6.45) is 2.77. The molecule has 7 heteroatoms. The van der Waals surface area contributed by atoms with Gasteiger partial charge in [0.1, 0.15) is 5.82 Å². The molecular weight excluding hydrogens is 307 g/mol. The lowest BCUT2D eigenvalue weighted by molar-refractivity contribution is -0.111. The number of amides is 1. The number of anilines is 1. The molecule has 1 amide bonds. The maximum atomic E-state index is 12.7. The molecule has 0 fully saturated rings. The number of primary sulfonamides is 1. The fourth-order valence-electron chi connectivity index (χ4n) is 1.68. The van der Waals surface area contributed by atoms with E-state index in [4.69, 9.17) is 5.14 Å². The summed E-state index contributed by atoms with van der Waals surface area (Å²) >= 11 is 0. The molecule has 0 aliphatic carbocycles. The third-order valence-corrected chi connectivity index (χ3v) is 3.64. The van der Waals surface area contributed by atoms with E-state index in [0.29, 0.717) is 11.3 Å². The van der Waals surface area contributed by atoms with E-state index in [1.165, 1.54) is 60.7 Å². The first-order valence-electron chi connectivity index (χ1n) is 6.22. The quantitative estimate of drug-likeness (QED) is 0.846. The Morgan fingerprint density at radius 2 is 1.82 bits per heavy atom. The number of rotatable bonds is 4. The number of carbonyl (C=O) groups excluding carboxylic acids is 1. The zero-order chi connectivity index (χ0) is 16.2. The van der Waals surface area contributed by atoms with Gasteiger partial charge in [0.25, 0.3) is 0 Å². The molecule has 0 aliphatic rings. The zero-order valence-electron chi connectivity index (χ0n) is 11.4. The van der Waals surface area contributed by atoms with Gasteiger partial charge < -0.3 is 5.32 Å². The van der Waals surface area contributed by atoms with Gasteiger partial charge in [-0.2, -0.15) is 0 Å². The van der Waals surface area contributed by atoms with Crippen molar-refractivity contribution in [2.75, 3.05) is 5.32 Å². The van der Waals surface area contributed by atoms with Gasteiger partial charge >= 0.3 is 0 Å². The minimum Gasteiger partial charge on any atom is -0.322 e. The SMILES string of the molecule is NS(=O)(=O)c1cccc(NC(=O)/C=C/c2ccc(F)cc2)c1. The molecule has 0 unspecified atom stereocenters. The highest BCUT2D eigenvalue weighted by molar-refractivity contribution is 7.89. The van der Waals surface area contributed by atoms with Crippen LogP contribution in [0.15, 0.2) is 59.5 Å². The van der Waals surface area contributed by atoms with Gasteiger partial charge in [-0.05, 0) is 42.0 Å². The summed E-state index contributed by atoms with van der Waals surface area (Å²) in [4.78, 5) is 11.7. The van der Waals surface area contributed by atoms with E-state index in [2.05, 4.69) is 5.32 Å². The Morgan fingerprint density at radius 3 is 2.45 bits per heavy atom. The van der Waals surface area contributed by atoms with Crippen LogP contribution in [0.3, 0.4) is 0 Å². The number of sulfonamides is 1. The molecule has 0 atom stereocenters. The molecule has 2 rings (SSSR count). The molecule has 0 saturated heterocycles. The molecule has 22 heavy (non-hydrogen) atoms. The van der Waals surface area contributed by atoms with Crippen molar-refractivity contribution in [2.45, 2.75) is 4.90 Å². The van der Waals surface area contributed by atoms with Crippen LogP contribution in [0.2, 0.25) is 0 Å². The fraction of sp³-hybridized carbons (Fsp3) is 0. The molecule has 0 saturated carbocycles. The molecule has 0 bridgehead atoms. The molecule has 0 heterocycles. The topological polar surface area (TPSA) is 89.3 Å². The number of hydrogen-bond acceptors (Lipinski definition) is 3. The molecule has 0 aliphatic heterocycles. The van der Waals surface area contributed by atoms with Gasteiger partial charge in [0.2, 0.25) is 15.9 Å². The van der Waals surface area contributed by atoms with Gasteiger partial charge in [0.05, 0.1) is 4.90 Å². The molecule has 0 spiro atoms. The number of halogens is 1. The van der Waals surface area contributed by atoms with Crippen LogP contribution in [0.1, 0.15) is 5.56 Å². The molecule has 3 N–H and O–H groups in total. The van der Waals surface area contributed by atoms with E-state index in [1.54, 1.807) is 0 Å². The molecule has 114 valence electrons. The summed E-state index contributed by atoms with van der Waals surface area (Å²) in [5.74, 6) is -0.808. The van der Waals surface area contributed by atoms with Crippen molar-refractivity contribution in [3.63, 3.8) is 0 Å². The van der Waals surface area contributed by atoms with Gasteiger partial charge in [0, 0.05) is 11.8 Å². The van der Waals surface area contributed by atoms with Crippen molar-refractivity contribution >= 4 is 27.7 Å². The maximum absolute atomic E-state index is 12.7. The largest absolute Gasteiger partial charge is 0.322 e. The molecule has 0 aromatic heterocycles. The van der Waals surface area contributed by atoms with Gasteiger partial charge in [0.15, 0.2) is 0 Å². The Labute approximate surface area is 127 Å². The van der Waals surface area contributed by atoms with Crippen molar-refractivity contribution in [2.24, 2.45) is 5.14 Å². The van der Waals surface area contributed by atoms with Crippen molar-refractivity contribution in [3.8, 4) is 0 Å². The summed E-state index contributed by atoms with van der Waals surface area (Å²) in [6, 6.07) is 11.2. The fourth-order valence-corrected chi connectivity index (χ4v) is 2.24. The summed E-state index contributed by atoms with van der Waals surface area (Å²) in [5, 5.41) is 7.53. The second kappa shape index (κ2) is 6.50. The van der Waals surface area contributed by atoms with Crippen LogP contribution >= 0.6 is 0 Å². The smallest absolute Gasteiger partial charge is 0.248 e.